The molecule has 3 nitrogen and oxygen atoms in total. The monoisotopic (exact) mass is 298 g/mol. The van der Waals surface area contributed by atoms with Gasteiger partial charge in [0.1, 0.15) is 10.3 Å². The van der Waals surface area contributed by atoms with Crippen molar-refractivity contribution in [3.8, 4) is 0 Å². The van der Waals surface area contributed by atoms with Crippen molar-refractivity contribution in [1.82, 2.24) is 9.97 Å². The molecule has 0 saturated heterocycles. The third-order valence-electron chi connectivity index (χ3n) is 3.79. The molecule has 17 heavy (non-hydrogen) atoms. The lowest BCUT2D eigenvalue weighted by atomic mass is 10.0. The molecule has 2 rings (SSSR count). The molecule has 4 heteroatoms. The van der Waals surface area contributed by atoms with E-state index in [0.717, 1.165) is 30.3 Å². The summed E-state index contributed by atoms with van der Waals surface area (Å²) in [4.78, 5) is 19.3. The van der Waals surface area contributed by atoms with Gasteiger partial charge in [0.15, 0.2) is 0 Å². The fourth-order valence-electron chi connectivity index (χ4n) is 2.65. The summed E-state index contributed by atoms with van der Waals surface area (Å²) < 4.78 is 0.591. The minimum Gasteiger partial charge on any atom is -0.309 e. The van der Waals surface area contributed by atoms with Crippen molar-refractivity contribution in [2.45, 2.75) is 51.9 Å². The van der Waals surface area contributed by atoms with E-state index in [2.05, 4.69) is 32.8 Å². The van der Waals surface area contributed by atoms with Gasteiger partial charge in [-0.25, -0.2) is 4.98 Å². The summed E-state index contributed by atoms with van der Waals surface area (Å²) in [7, 11) is 0. The molecule has 0 aromatic carbocycles. The largest absolute Gasteiger partial charge is 0.309 e. The van der Waals surface area contributed by atoms with E-state index < -0.39 is 0 Å². The van der Waals surface area contributed by atoms with E-state index in [4.69, 9.17) is 0 Å². The number of aromatic nitrogens is 2. The lowest BCUT2D eigenvalue weighted by Gasteiger charge is -2.11. The molecule has 94 valence electrons. The number of aromatic amines is 1. The lowest BCUT2D eigenvalue weighted by Crippen LogP contribution is -2.17. The molecule has 0 bridgehead atoms. The second-order valence-corrected chi connectivity index (χ2v) is 5.64. The van der Waals surface area contributed by atoms with Crippen molar-refractivity contribution in [1.29, 1.82) is 0 Å². The predicted octanol–water partition coefficient (Wildman–Crippen LogP) is 3.39. The smallest absolute Gasteiger partial charge is 0.265 e. The highest BCUT2D eigenvalue weighted by Crippen LogP contribution is 2.38. The lowest BCUT2D eigenvalue weighted by molar-refractivity contribution is 0.515. The van der Waals surface area contributed by atoms with E-state index in [0.29, 0.717) is 10.4 Å². The molecule has 0 aliphatic heterocycles. The number of H-pyrrole nitrogens is 1. The molecule has 0 spiro atoms. The van der Waals surface area contributed by atoms with Crippen LogP contribution in [0, 0.1) is 5.92 Å². The molecule has 1 fully saturated rings. The van der Waals surface area contributed by atoms with E-state index >= 15 is 0 Å². The summed E-state index contributed by atoms with van der Waals surface area (Å²) >= 11 is 3.30. The topological polar surface area (TPSA) is 45.8 Å². The zero-order valence-electron chi connectivity index (χ0n) is 10.4. The van der Waals surface area contributed by atoms with Crippen molar-refractivity contribution in [2.24, 2.45) is 5.92 Å². The van der Waals surface area contributed by atoms with E-state index in [-0.39, 0.29) is 5.56 Å². The summed E-state index contributed by atoms with van der Waals surface area (Å²) in [5.41, 5.74) is 0.843. The van der Waals surface area contributed by atoms with E-state index in [1.54, 1.807) is 0 Å². The predicted molar refractivity (Wildman–Crippen MR) is 72.3 cm³/mol. The van der Waals surface area contributed by atoms with Crippen LogP contribution in [-0.2, 0) is 6.42 Å². The average Bonchev–Trinajstić information content (AvgIpc) is 2.81. The van der Waals surface area contributed by atoms with Gasteiger partial charge in [0.25, 0.3) is 5.56 Å². The maximum Gasteiger partial charge on any atom is 0.265 e. The average molecular weight is 299 g/mol. The Hall–Kier alpha value is -0.640. The number of rotatable bonds is 3. The summed E-state index contributed by atoms with van der Waals surface area (Å²) in [6.07, 6.45) is 5.62. The van der Waals surface area contributed by atoms with E-state index in [1.807, 2.05) is 6.92 Å². The first-order valence-corrected chi connectivity index (χ1v) is 7.23. The van der Waals surface area contributed by atoms with Gasteiger partial charge in [-0.05, 0) is 47.5 Å². The second-order valence-electron chi connectivity index (χ2n) is 4.85. The van der Waals surface area contributed by atoms with Gasteiger partial charge in [0, 0.05) is 5.92 Å². The highest BCUT2D eigenvalue weighted by atomic mass is 79.9. The highest BCUT2D eigenvalue weighted by Gasteiger charge is 2.26. The molecule has 1 aliphatic rings. The Morgan fingerprint density at radius 3 is 2.76 bits per heavy atom. The number of hydrogen-bond acceptors (Lipinski definition) is 2. The Kier molecular flexibility index (Phi) is 4.02. The van der Waals surface area contributed by atoms with Crippen LogP contribution < -0.4 is 5.56 Å². The standard InChI is InChI=1S/C13H19BrN2O/c1-3-8-5-6-9(7-8)12-15-10(4-2)11(14)13(17)16-12/h8-9H,3-7H2,1-2H3,(H,15,16,17). The van der Waals surface area contributed by atoms with Gasteiger partial charge in [-0.3, -0.25) is 4.79 Å². The van der Waals surface area contributed by atoms with Crippen molar-refractivity contribution >= 4 is 15.9 Å². The van der Waals surface area contributed by atoms with Gasteiger partial charge in [-0.2, -0.15) is 0 Å². The van der Waals surface area contributed by atoms with Crippen LogP contribution >= 0.6 is 15.9 Å². The molecule has 0 amide bonds. The van der Waals surface area contributed by atoms with Crippen LogP contribution in [0.1, 0.15) is 57.0 Å². The third-order valence-corrected chi connectivity index (χ3v) is 4.61. The maximum atomic E-state index is 11.8. The molecule has 1 aromatic rings. The number of nitrogens with zero attached hydrogens (tertiary/aromatic N) is 1. The first-order valence-electron chi connectivity index (χ1n) is 6.44. The molecule has 2 unspecified atom stereocenters. The van der Waals surface area contributed by atoms with Gasteiger partial charge in [0.05, 0.1) is 5.69 Å². The van der Waals surface area contributed by atoms with Crippen LogP contribution in [-0.4, -0.2) is 9.97 Å². The molecular weight excluding hydrogens is 280 g/mol. The van der Waals surface area contributed by atoms with E-state index in [1.165, 1.54) is 19.3 Å². The third kappa shape index (κ3) is 2.62. The zero-order valence-corrected chi connectivity index (χ0v) is 12.0. The Balaban J connectivity index is 2.28. The molecule has 1 N–H and O–H groups in total. The highest BCUT2D eigenvalue weighted by molar-refractivity contribution is 9.10. The fraction of sp³-hybridized carbons (Fsp3) is 0.692. The Morgan fingerprint density at radius 1 is 1.41 bits per heavy atom. The Labute approximate surface area is 110 Å². The van der Waals surface area contributed by atoms with Crippen LogP contribution in [0.5, 0.6) is 0 Å². The van der Waals surface area contributed by atoms with Gasteiger partial charge >= 0.3 is 0 Å². The SMILES string of the molecule is CCc1nc(C2CCC(CC)C2)[nH]c(=O)c1Br. The van der Waals surface area contributed by atoms with Gasteiger partial charge in [0.2, 0.25) is 0 Å². The van der Waals surface area contributed by atoms with Crippen LogP contribution in [0.4, 0.5) is 0 Å². The molecule has 1 aromatic heterocycles. The van der Waals surface area contributed by atoms with Crippen LogP contribution in [0.25, 0.3) is 0 Å². The number of nitrogens with one attached hydrogen (secondary N) is 1. The van der Waals surface area contributed by atoms with Crippen molar-refractivity contribution in [3.05, 3.63) is 26.3 Å². The van der Waals surface area contributed by atoms with Crippen LogP contribution in [0.2, 0.25) is 0 Å². The van der Waals surface area contributed by atoms with Gasteiger partial charge in [-0.1, -0.05) is 20.3 Å². The minimum absolute atomic E-state index is 0.0354. The number of hydrogen-bond donors (Lipinski definition) is 1. The molecule has 1 saturated carbocycles. The summed E-state index contributed by atoms with van der Waals surface area (Å²) in [5, 5.41) is 0. The normalized spacial score (nSPS) is 24.2. The summed E-state index contributed by atoms with van der Waals surface area (Å²) in [6.45, 7) is 4.27. The van der Waals surface area contributed by atoms with Gasteiger partial charge in [-0.15, -0.1) is 0 Å². The quantitative estimate of drug-likeness (QED) is 0.930. The summed E-state index contributed by atoms with van der Waals surface area (Å²) in [5.74, 6) is 2.15. The fourth-order valence-corrected chi connectivity index (χ4v) is 3.11. The van der Waals surface area contributed by atoms with Crippen LogP contribution in [0.15, 0.2) is 9.27 Å². The number of halogens is 1. The zero-order chi connectivity index (χ0) is 12.4. The van der Waals surface area contributed by atoms with E-state index in [9.17, 15) is 4.79 Å². The van der Waals surface area contributed by atoms with Crippen molar-refractivity contribution in [2.75, 3.05) is 0 Å². The minimum atomic E-state index is -0.0354. The second kappa shape index (κ2) is 5.34. The van der Waals surface area contributed by atoms with Crippen LogP contribution in [0.3, 0.4) is 0 Å². The van der Waals surface area contributed by atoms with Crippen molar-refractivity contribution in [3.63, 3.8) is 0 Å². The first-order chi connectivity index (χ1) is 8.15. The first kappa shape index (κ1) is 12.8. The maximum absolute atomic E-state index is 11.8. The molecule has 0 radical (unpaired) electrons. The Bertz CT molecular complexity index is 455. The Morgan fingerprint density at radius 2 is 2.18 bits per heavy atom. The molecular formula is C13H19BrN2O. The number of aryl methyl sites for hydroxylation is 1. The van der Waals surface area contributed by atoms with Gasteiger partial charge < -0.3 is 4.98 Å². The van der Waals surface area contributed by atoms with Crippen molar-refractivity contribution < 1.29 is 0 Å². The molecule has 2 atom stereocenters. The molecule has 1 heterocycles. The summed E-state index contributed by atoms with van der Waals surface area (Å²) in [6, 6.07) is 0. The molecule has 1 aliphatic carbocycles.